The van der Waals surface area contributed by atoms with Crippen molar-refractivity contribution in [1.29, 1.82) is 0 Å². The smallest absolute Gasteiger partial charge is 0.0413 e. The van der Waals surface area contributed by atoms with E-state index < -0.39 is 0 Å². The van der Waals surface area contributed by atoms with E-state index >= 15 is 0 Å². The Morgan fingerprint density at radius 3 is 1.74 bits per heavy atom. The number of rotatable bonds is 6. The Morgan fingerprint density at radius 2 is 1.11 bits per heavy atom. The Balaban J connectivity index is 0.000000140. The fourth-order valence-electron chi connectivity index (χ4n) is 7.80. The minimum Gasteiger partial charge on any atom is -0.504 e. The van der Waals surface area contributed by atoms with Crippen LogP contribution in [0.25, 0.3) is 22.6 Å². The third kappa shape index (κ3) is 12.7. The van der Waals surface area contributed by atoms with Crippen LogP contribution in [0.1, 0.15) is 18.5 Å². The molecule has 0 N–H and O–H groups in total. The molecule has 0 unspecified atom stereocenters. The summed E-state index contributed by atoms with van der Waals surface area (Å²) in [7, 11) is 2.06. The second-order valence-electron chi connectivity index (χ2n) is 15.9. The molecule has 10 heteroatoms. The molecule has 12 rings (SSSR count). The van der Waals surface area contributed by atoms with Gasteiger partial charge in [-0.2, -0.15) is 37.0 Å². The van der Waals surface area contributed by atoms with Crippen molar-refractivity contribution in [2.24, 2.45) is 0 Å². The molecule has 356 valence electrons. The van der Waals surface area contributed by atoms with Gasteiger partial charge in [0.2, 0.25) is 0 Å². The van der Waals surface area contributed by atoms with Crippen molar-refractivity contribution in [1.82, 2.24) is 24.0 Å². The SMILES string of the molecule is CN1[CH-]N(c2[c-]cccc2)c2ccccc21.Cc1cn(-c2ccccc2)[c-]n1.[C-]1=CC=CC=C(N2[CH-]N(c3ccccc3)C3=C2C=CCC=C3)C1.[Pt].[Pt].[c-]1nc(-c2ccccc2)cn1-c1ccccc1. The molecule has 70 heavy (non-hydrogen) atoms. The van der Waals surface area contributed by atoms with E-state index in [4.69, 9.17) is 0 Å². The van der Waals surface area contributed by atoms with Crippen LogP contribution in [0.5, 0.6) is 0 Å². The number of aromatic nitrogens is 4. The van der Waals surface area contributed by atoms with Gasteiger partial charge in [-0.05, 0) is 78.2 Å². The Hall–Kier alpha value is -7.24. The van der Waals surface area contributed by atoms with Gasteiger partial charge in [-0.3, -0.25) is 6.08 Å². The maximum Gasteiger partial charge on any atom is 0.0413 e. The fourth-order valence-corrected chi connectivity index (χ4v) is 7.80. The molecule has 8 aromatic rings. The predicted molar refractivity (Wildman–Crippen MR) is 276 cm³/mol. The van der Waals surface area contributed by atoms with Crippen LogP contribution < -0.4 is 14.7 Å². The van der Waals surface area contributed by atoms with E-state index in [-0.39, 0.29) is 42.1 Å². The molecule has 0 atom stereocenters. The molecule has 0 saturated heterocycles. The molecule has 8 nitrogen and oxygen atoms in total. The van der Waals surface area contributed by atoms with E-state index in [1.54, 1.807) is 0 Å². The number of allylic oxidation sites excluding steroid dienone is 9. The quantitative estimate of drug-likeness (QED) is 0.155. The molecule has 2 aromatic heterocycles. The molecule has 0 fully saturated rings. The van der Waals surface area contributed by atoms with Crippen molar-refractivity contribution in [3.05, 3.63) is 292 Å². The van der Waals surface area contributed by atoms with Crippen molar-refractivity contribution in [3.8, 4) is 22.6 Å². The monoisotopic (exact) mass is 1270 g/mol. The molecule has 0 radical (unpaired) electrons. The third-order valence-corrected chi connectivity index (χ3v) is 11.2. The Bertz CT molecular complexity index is 2990. The first-order valence-electron chi connectivity index (χ1n) is 22.6. The summed E-state index contributed by atoms with van der Waals surface area (Å²) < 4.78 is 3.79. The average Bonchev–Trinajstić information content (AvgIpc) is 4.14. The molecule has 2 aliphatic carbocycles. The van der Waals surface area contributed by atoms with Gasteiger partial charge < -0.3 is 38.7 Å². The molecule has 2 aliphatic heterocycles. The average molecular weight is 1270 g/mol. The summed E-state index contributed by atoms with van der Waals surface area (Å²) in [5.41, 5.74) is 13.5. The van der Waals surface area contributed by atoms with Gasteiger partial charge in [-0.15, -0.1) is 18.4 Å². The largest absolute Gasteiger partial charge is 0.504 e. The summed E-state index contributed by atoms with van der Waals surface area (Å²) >= 11 is 0. The van der Waals surface area contributed by atoms with Crippen LogP contribution in [0.4, 0.5) is 22.7 Å². The van der Waals surface area contributed by atoms with E-state index in [1.165, 1.54) is 34.2 Å². The van der Waals surface area contributed by atoms with Crippen molar-refractivity contribution in [2.45, 2.75) is 19.8 Å². The van der Waals surface area contributed by atoms with Crippen molar-refractivity contribution in [2.75, 3.05) is 21.7 Å². The van der Waals surface area contributed by atoms with Gasteiger partial charge in [-0.25, -0.2) is 12.2 Å². The zero-order chi connectivity index (χ0) is 46.3. The third-order valence-electron chi connectivity index (χ3n) is 11.2. The molecule has 4 heterocycles. The van der Waals surface area contributed by atoms with Gasteiger partial charge in [0, 0.05) is 83.2 Å². The first-order valence-corrected chi connectivity index (χ1v) is 22.6. The standard InChI is InChI=1S/C21H18N2.C15H11N2.C14H12N2.C10H9N2.2Pt/c1-2-6-12-18(11-5-1)22-17-23(19-13-7-3-8-14-19)21-16-10-4-9-15-20(21)22;1-3-7-13(8-4-1)15-11-17(12-16-15)14-9-5-2-6-10-14;1-15-11-16(12-7-3-2-4-8-12)14-10-6-5-9-13(14)15;1-9-7-12(8-11-9)10-5-3-2-4-6-10;;/h1-3,5,7-11,13-17H,4,12H2;1-11H;2-7,9-11H,1H3;2-7H,1H3;;/q-2;-1;-2;-1;;. The van der Waals surface area contributed by atoms with Crippen molar-refractivity contribution < 1.29 is 42.1 Å². The number of fused-ring (bicyclic) bond motifs is 1. The zero-order valence-corrected chi connectivity index (χ0v) is 43.3. The van der Waals surface area contributed by atoms with Crippen LogP contribution in [0.2, 0.25) is 0 Å². The van der Waals surface area contributed by atoms with Crippen LogP contribution in [-0.4, -0.2) is 31.0 Å². The first-order chi connectivity index (χ1) is 33.6. The Morgan fingerprint density at radius 1 is 0.543 bits per heavy atom. The van der Waals surface area contributed by atoms with E-state index in [1.807, 2.05) is 156 Å². The van der Waals surface area contributed by atoms with Gasteiger partial charge in [0.1, 0.15) is 0 Å². The minimum absolute atomic E-state index is 0. The summed E-state index contributed by atoms with van der Waals surface area (Å²) in [6.45, 7) is 6.21. The van der Waals surface area contributed by atoms with Crippen LogP contribution in [0, 0.1) is 45.1 Å². The van der Waals surface area contributed by atoms with Gasteiger partial charge >= 0.3 is 0 Å². The van der Waals surface area contributed by atoms with Crippen LogP contribution >= 0.6 is 0 Å². The van der Waals surface area contributed by atoms with Gasteiger partial charge in [-0.1, -0.05) is 171 Å². The van der Waals surface area contributed by atoms with Crippen molar-refractivity contribution >= 4 is 22.7 Å². The van der Waals surface area contributed by atoms with E-state index in [0.717, 1.165) is 46.9 Å². The number of imidazole rings is 2. The predicted octanol–water partition coefficient (Wildman–Crippen LogP) is 13.4. The maximum atomic E-state index is 4.30. The molecular weight excluding hydrogens is 1220 g/mol. The number of benzene rings is 6. The zero-order valence-electron chi connectivity index (χ0n) is 38.7. The number of nitrogens with zero attached hydrogens (tertiary/aromatic N) is 8. The Kier molecular flexibility index (Phi) is 18.4. The second-order valence-corrected chi connectivity index (χ2v) is 15.9. The molecule has 0 amide bonds. The number of hydrogen-bond donors (Lipinski definition) is 0. The molecule has 4 aliphatic rings. The fraction of sp³-hybridized carbons (Fsp3) is 0.0667. The van der Waals surface area contributed by atoms with Crippen molar-refractivity contribution in [3.63, 3.8) is 0 Å². The summed E-state index contributed by atoms with van der Waals surface area (Å²) in [6.07, 6.45) is 32.0. The Labute approximate surface area is 441 Å². The van der Waals surface area contributed by atoms with Gasteiger partial charge in [0.15, 0.2) is 0 Å². The number of para-hydroxylation sites is 6. The molecule has 0 bridgehead atoms. The number of anilines is 4. The first kappa shape index (κ1) is 50.6. The van der Waals surface area contributed by atoms with Gasteiger partial charge in [0.05, 0.1) is 0 Å². The normalized spacial score (nSPS) is 13.9. The summed E-state index contributed by atoms with van der Waals surface area (Å²) in [5.74, 6) is 0. The molecule has 0 saturated carbocycles. The number of aryl methyl sites for hydroxylation is 1. The van der Waals surface area contributed by atoms with E-state index in [0.29, 0.717) is 0 Å². The second kappa shape index (κ2) is 25.4. The minimum atomic E-state index is 0. The molecular formula is C60H50N8Pt2-6. The summed E-state index contributed by atoms with van der Waals surface area (Å²) in [6, 6.07) is 60.3. The molecule has 6 aromatic carbocycles. The topological polar surface area (TPSA) is 48.6 Å². The summed E-state index contributed by atoms with van der Waals surface area (Å²) in [4.78, 5) is 17.1. The van der Waals surface area contributed by atoms with Crippen LogP contribution in [-0.2, 0) is 42.1 Å². The summed E-state index contributed by atoms with van der Waals surface area (Å²) in [5, 5.41) is 0. The maximum absolute atomic E-state index is 4.30. The van der Waals surface area contributed by atoms with Gasteiger partial charge in [0.25, 0.3) is 0 Å². The van der Waals surface area contributed by atoms with Crippen LogP contribution in [0.15, 0.2) is 248 Å². The molecule has 0 spiro atoms. The van der Waals surface area contributed by atoms with Crippen LogP contribution in [0.3, 0.4) is 0 Å². The van der Waals surface area contributed by atoms with E-state index in [2.05, 4.69) is 166 Å². The number of hydrogen-bond acceptors (Lipinski definition) is 6. The van der Waals surface area contributed by atoms with E-state index in [9.17, 15) is 0 Å².